The Morgan fingerprint density at radius 1 is 1.20 bits per heavy atom. The Hall–Kier alpha value is -1.30. The van der Waals surface area contributed by atoms with E-state index in [1.165, 1.54) is 6.42 Å². The van der Waals surface area contributed by atoms with Crippen LogP contribution in [-0.4, -0.2) is 17.8 Å². The number of hydrogen-bond donors (Lipinski definition) is 1. The summed E-state index contributed by atoms with van der Waals surface area (Å²) in [7, 11) is 0. The molecule has 2 heteroatoms. The largest absolute Gasteiger partial charge is 0.384 e. The van der Waals surface area contributed by atoms with E-state index in [1.54, 1.807) is 0 Å². The lowest BCUT2D eigenvalue weighted by Crippen LogP contribution is -2.26. The van der Waals surface area contributed by atoms with Gasteiger partial charge in [0.15, 0.2) is 0 Å². The highest BCUT2D eigenvalue weighted by Crippen LogP contribution is 2.31. The molecule has 0 saturated heterocycles. The highest BCUT2D eigenvalue weighted by molar-refractivity contribution is 5.40. The Bertz CT molecular complexity index is 484. The summed E-state index contributed by atoms with van der Waals surface area (Å²) in [4.78, 5) is 0. The summed E-state index contributed by atoms with van der Waals surface area (Å²) >= 11 is 0. The van der Waals surface area contributed by atoms with Gasteiger partial charge in [0.25, 0.3) is 0 Å². The molecule has 20 heavy (non-hydrogen) atoms. The molecular weight excluding hydrogens is 248 g/mol. The molecule has 0 radical (unpaired) electrons. The molecule has 3 atom stereocenters. The molecule has 1 aliphatic carbocycles. The molecule has 0 spiro atoms. The Kier molecular flexibility index (Phi) is 5.64. The summed E-state index contributed by atoms with van der Waals surface area (Å²) in [5.41, 5.74) is 2.07. The molecule has 1 N–H and O–H groups in total. The number of benzene rings is 1. The normalized spacial score (nSPS) is 25.9. The van der Waals surface area contributed by atoms with E-state index in [4.69, 9.17) is 9.84 Å². The highest BCUT2D eigenvalue weighted by atomic mass is 16.5. The fourth-order valence-electron chi connectivity index (χ4n) is 2.76. The van der Waals surface area contributed by atoms with Gasteiger partial charge >= 0.3 is 0 Å². The summed E-state index contributed by atoms with van der Waals surface area (Å²) in [6, 6.07) is 8.01. The molecular formula is C18H24O2. The van der Waals surface area contributed by atoms with Crippen molar-refractivity contribution in [2.45, 2.75) is 45.8 Å². The minimum absolute atomic E-state index is 0.104. The Morgan fingerprint density at radius 2 is 2.00 bits per heavy atom. The maximum Gasteiger partial charge on any atom is 0.104 e. The minimum atomic E-state index is -0.104. The van der Waals surface area contributed by atoms with E-state index in [-0.39, 0.29) is 6.61 Å². The van der Waals surface area contributed by atoms with Gasteiger partial charge < -0.3 is 9.84 Å². The van der Waals surface area contributed by atoms with Crippen LogP contribution in [0.15, 0.2) is 24.3 Å². The molecule has 1 aromatic carbocycles. The third-order valence-electron chi connectivity index (χ3n) is 4.34. The van der Waals surface area contributed by atoms with Crippen molar-refractivity contribution in [2.75, 3.05) is 6.61 Å². The number of aliphatic hydroxyl groups is 1. The first-order chi connectivity index (χ1) is 9.70. The van der Waals surface area contributed by atoms with E-state index < -0.39 is 0 Å². The van der Waals surface area contributed by atoms with Crippen LogP contribution in [0, 0.1) is 23.7 Å². The molecule has 3 unspecified atom stereocenters. The quantitative estimate of drug-likeness (QED) is 0.855. The third kappa shape index (κ3) is 4.10. The van der Waals surface area contributed by atoms with Gasteiger partial charge in [-0.3, -0.25) is 0 Å². The highest BCUT2D eigenvalue weighted by Gasteiger charge is 2.24. The second kappa shape index (κ2) is 7.47. The van der Waals surface area contributed by atoms with Gasteiger partial charge in [-0.25, -0.2) is 0 Å². The van der Waals surface area contributed by atoms with Crippen LogP contribution in [0.5, 0.6) is 0 Å². The van der Waals surface area contributed by atoms with Crippen molar-refractivity contribution < 1.29 is 9.84 Å². The summed E-state index contributed by atoms with van der Waals surface area (Å²) in [5.74, 6) is 7.26. The molecule has 1 fully saturated rings. The first-order valence-electron chi connectivity index (χ1n) is 7.50. The monoisotopic (exact) mass is 272 g/mol. The van der Waals surface area contributed by atoms with Crippen molar-refractivity contribution in [3.8, 4) is 11.8 Å². The summed E-state index contributed by atoms with van der Waals surface area (Å²) in [5, 5.41) is 8.80. The third-order valence-corrected chi connectivity index (χ3v) is 4.34. The maximum atomic E-state index is 8.80. The van der Waals surface area contributed by atoms with Gasteiger partial charge in [-0.2, -0.15) is 0 Å². The fraction of sp³-hybridized carbons (Fsp3) is 0.556. The first kappa shape index (κ1) is 15.1. The van der Waals surface area contributed by atoms with Gasteiger partial charge in [0.2, 0.25) is 0 Å². The van der Waals surface area contributed by atoms with E-state index >= 15 is 0 Å². The van der Waals surface area contributed by atoms with Crippen molar-refractivity contribution in [2.24, 2.45) is 11.8 Å². The Balaban J connectivity index is 1.94. The second-order valence-electron chi connectivity index (χ2n) is 5.82. The molecule has 0 aromatic heterocycles. The Morgan fingerprint density at radius 3 is 2.75 bits per heavy atom. The minimum Gasteiger partial charge on any atom is -0.384 e. The van der Waals surface area contributed by atoms with Gasteiger partial charge in [-0.15, -0.1) is 0 Å². The summed E-state index contributed by atoms with van der Waals surface area (Å²) in [6.07, 6.45) is 3.96. The van der Waals surface area contributed by atoms with Crippen LogP contribution in [0.4, 0.5) is 0 Å². The van der Waals surface area contributed by atoms with Gasteiger partial charge in [0, 0.05) is 5.56 Å². The fourth-order valence-corrected chi connectivity index (χ4v) is 2.76. The topological polar surface area (TPSA) is 29.5 Å². The van der Waals surface area contributed by atoms with Crippen LogP contribution in [-0.2, 0) is 11.3 Å². The lowest BCUT2D eigenvalue weighted by molar-refractivity contribution is -0.00752. The number of hydrogen-bond acceptors (Lipinski definition) is 2. The lowest BCUT2D eigenvalue weighted by atomic mass is 9.80. The number of aliphatic hydroxyl groups excluding tert-OH is 1. The summed E-state index contributed by atoms with van der Waals surface area (Å²) < 4.78 is 6.08. The second-order valence-corrected chi connectivity index (χ2v) is 5.82. The zero-order chi connectivity index (χ0) is 14.4. The van der Waals surface area contributed by atoms with Crippen molar-refractivity contribution >= 4 is 0 Å². The molecule has 2 rings (SSSR count). The van der Waals surface area contributed by atoms with Gasteiger partial charge in [-0.05, 0) is 42.7 Å². The molecule has 2 nitrogen and oxygen atoms in total. The molecule has 108 valence electrons. The van der Waals surface area contributed by atoms with Gasteiger partial charge in [0.05, 0.1) is 12.7 Å². The van der Waals surface area contributed by atoms with Crippen LogP contribution in [0.3, 0.4) is 0 Å². The van der Waals surface area contributed by atoms with E-state index in [0.717, 1.165) is 35.8 Å². The molecule has 0 bridgehead atoms. The molecule has 1 aliphatic rings. The zero-order valence-corrected chi connectivity index (χ0v) is 12.4. The number of ether oxygens (including phenoxy) is 1. The smallest absolute Gasteiger partial charge is 0.104 e. The first-order valence-corrected chi connectivity index (χ1v) is 7.50. The van der Waals surface area contributed by atoms with Crippen molar-refractivity contribution in [1.82, 2.24) is 0 Å². The molecule has 1 aromatic rings. The average Bonchev–Trinajstić information content (AvgIpc) is 2.47. The van der Waals surface area contributed by atoms with Crippen LogP contribution in [0.2, 0.25) is 0 Å². The summed E-state index contributed by atoms with van der Waals surface area (Å²) in [6.45, 7) is 5.16. The zero-order valence-electron chi connectivity index (χ0n) is 12.4. The molecule has 1 saturated carbocycles. The predicted molar refractivity (Wildman–Crippen MR) is 81.2 cm³/mol. The van der Waals surface area contributed by atoms with Gasteiger partial charge in [-0.1, -0.05) is 43.9 Å². The standard InChI is InChI=1S/C18H24O2/c1-14-9-10-18(12-15(14)2)20-13-17-7-4-3-6-16(17)8-5-11-19/h3-4,6-7,14-15,18-19H,9-13H2,1-2H3. The van der Waals surface area contributed by atoms with Crippen molar-refractivity contribution in [3.05, 3.63) is 35.4 Å². The Labute approximate surface area is 122 Å². The predicted octanol–water partition coefficient (Wildman–Crippen LogP) is 3.37. The lowest BCUT2D eigenvalue weighted by Gasteiger charge is -2.32. The van der Waals surface area contributed by atoms with Crippen LogP contribution in [0.1, 0.15) is 44.2 Å². The van der Waals surface area contributed by atoms with Gasteiger partial charge in [0.1, 0.15) is 6.61 Å². The molecule has 0 heterocycles. The molecule has 0 aliphatic heterocycles. The van der Waals surface area contributed by atoms with E-state index in [2.05, 4.69) is 31.8 Å². The maximum absolute atomic E-state index is 8.80. The van der Waals surface area contributed by atoms with Crippen LogP contribution in [0.25, 0.3) is 0 Å². The molecule has 0 amide bonds. The average molecular weight is 272 g/mol. The number of rotatable bonds is 3. The van der Waals surface area contributed by atoms with Crippen molar-refractivity contribution in [1.29, 1.82) is 0 Å². The van der Waals surface area contributed by atoms with Crippen molar-refractivity contribution in [3.63, 3.8) is 0 Å². The van der Waals surface area contributed by atoms with E-state index in [1.807, 2.05) is 18.2 Å². The van der Waals surface area contributed by atoms with Crippen LogP contribution >= 0.6 is 0 Å². The van der Waals surface area contributed by atoms with E-state index in [0.29, 0.717) is 12.7 Å². The van der Waals surface area contributed by atoms with E-state index in [9.17, 15) is 0 Å². The van der Waals surface area contributed by atoms with Crippen LogP contribution < -0.4 is 0 Å². The SMILES string of the molecule is CC1CCC(OCc2ccccc2C#CCO)CC1C.